The van der Waals surface area contributed by atoms with E-state index in [2.05, 4.69) is 13.8 Å². The van der Waals surface area contributed by atoms with Crippen LogP contribution in [0.25, 0.3) is 0 Å². The number of hydrogen-bond acceptors (Lipinski definition) is 2. The molecule has 1 atom stereocenters. The fourth-order valence-electron chi connectivity index (χ4n) is 1.08. The summed E-state index contributed by atoms with van der Waals surface area (Å²) in [5.41, 5.74) is 5.37. The first-order valence-electron chi connectivity index (χ1n) is 4.10. The average Bonchev–Trinajstić information content (AvgIpc) is 1.99. The van der Waals surface area contributed by atoms with Crippen molar-refractivity contribution in [2.75, 3.05) is 0 Å². The van der Waals surface area contributed by atoms with Gasteiger partial charge in [-0.05, 0) is 12.3 Å². The van der Waals surface area contributed by atoms with Gasteiger partial charge < -0.3 is 10.8 Å². The van der Waals surface area contributed by atoms with E-state index in [1.165, 1.54) is 0 Å². The van der Waals surface area contributed by atoms with Gasteiger partial charge in [-0.25, -0.2) is 0 Å². The molecule has 0 radical (unpaired) electrons. The van der Waals surface area contributed by atoms with Gasteiger partial charge in [0, 0.05) is 0 Å². The lowest BCUT2D eigenvalue weighted by Gasteiger charge is -2.14. The zero-order valence-corrected chi connectivity index (χ0v) is 8.43. The van der Waals surface area contributed by atoms with Gasteiger partial charge in [-0.15, -0.1) is 12.4 Å². The molecule has 0 spiro atoms. The molecule has 4 heteroatoms. The second-order valence-corrected chi connectivity index (χ2v) is 2.86. The number of carboxylic acid groups (broad SMARTS) is 1. The number of aliphatic carboxylic acids is 1. The highest BCUT2D eigenvalue weighted by Gasteiger charge is 2.15. The van der Waals surface area contributed by atoms with Gasteiger partial charge in [0.15, 0.2) is 0 Å². The maximum atomic E-state index is 10.3. The Kier molecular flexibility index (Phi) is 8.76. The summed E-state index contributed by atoms with van der Waals surface area (Å²) in [4.78, 5) is 10.3. The van der Waals surface area contributed by atoms with E-state index in [4.69, 9.17) is 10.8 Å². The number of rotatable bonds is 5. The van der Waals surface area contributed by atoms with Crippen molar-refractivity contribution in [3.05, 3.63) is 0 Å². The van der Waals surface area contributed by atoms with Crippen LogP contribution in [-0.4, -0.2) is 17.1 Å². The summed E-state index contributed by atoms with van der Waals surface area (Å²) in [6.07, 6.45) is 2.62. The van der Waals surface area contributed by atoms with E-state index < -0.39 is 12.0 Å². The third-order valence-electron chi connectivity index (χ3n) is 2.06. The Bertz CT molecular complexity index is 126. The highest BCUT2D eigenvalue weighted by Crippen LogP contribution is 2.13. The zero-order chi connectivity index (χ0) is 8.85. The second-order valence-electron chi connectivity index (χ2n) is 2.86. The Hall–Kier alpha value is -0.280. The van der Waals surface area contributed by atoms with Crippen LogP contribution in [0, 0.1) is 5.92 Å². The summed E-state index contributed by atoms with van der Waals surface area (Å²) < 4.78 is 0. The Labute approximate surface area is 79.7 Å². The van der Waals surface area contributed by atoms with Crippen molar-refractivity contribution < 1.29 is 9.90 Å². The Morgan fingerprint density at radius 1 is 1.42 bits per heavy atom. The molecule has 74 valence electrons. The van der Waals surface area contributed by atoms with Crippen LogP contribution in [0.1, 0.15) is 33.1 Å². The van der Waals surface area contributed by atoms with Crippen molar-refractivity contribution >= 4 is 18.4 Å². The minimum atomic E-state index is -0.892. The molecule has 0 aliphatic heterocycles. The molecule has 0 fully saturated rings. The summed E-state index contributed by atoms with van der Waals surface area (Å²) in [7, 11) is 0. The fourth-order valence-corrected chi connectivity index (χ4v) is 1.08. The molecule has 0 saturated carbocycles. The van der Waals surface area contributed by atoms with E-state index in [1.807, 2.05) is 0 Å². The van der Waals surface area contributed by atoms with Crippen LogP contribution in [0.15, 0.2) is 0 Å². The molecular weight excluding hydrogens is 178 g/mol. The second kappa shape index (κ2) is 7.37. The summed E-state index contributed by atoms with van der Waals surface area (Å²) in [5.74, 6) is -0.432. The van der Waals surface area contributed by atoms with Crippen LogP contribution >= 0.6 is 12.4 Å². The maximum Gasteiger partial charge on any atom is 0.320 e. The first-order valence-corrected chi connectivity index (χ1v) is 4.10. The number of halogens is 1. The molecule has 0 aromatic heterocycles. The van der Waals surface area contributed by atoms with Gasteiger partial charge in [0.2, 0.25) is 0 Å². The topological polar surface area (TPSA) is 63.3 Å². The van der Waals surface area contributed by atoms with E-state index in [9.17, 15) is 4.79 Å². The molecular formula is C8H18ClNO2. The van der Waals surface area contributed by atoms with E-state index in [0.717, 1.165) is 12.8 Å². The van der Waals surface area contributed by atoms with Gasteiger partial charge in [0.05, 0.1) is 0 Å². The quantitative estimate of drug-likeness (QED) is 0.701. The third-order valence-corrected chi connectivity index (χ3v) is 2.06. The fraction of sp³-hybridized carbons (Fsp3) is 0.875. The van der Waals surface area contributed by atoms with Crippen molar-refractivity contribution in [2.24, 2.45) is 11.7 Å². The highest BCUT2D eigenvalue weighted by molar-refractivity contribution is 5.85. The van der Waals surface area contributed by atoms with Crippen molar-refractivity contribution in [1.29, 1.82) is 0 Å². The van der Waals surface area contributed by atoms with Crippen molar-refractivity contribution in [3.63, 3.8) is 0 Å². The van der Waals surface area contributed by atoms with Crippen molar-refractivity contribution in [3.8, 4) is 0 Å². The smallest absolute Gasteiger partial charge is 0.320 e. The maximum absolute atomic E-state index is 10.3. The molecule has 0 aliphatic carbocycles. The Balaban J connectivity index is 0. The normalized spacial score (nSPS) is 12.3. The summed E-state index contributed by atoms with van der Waals surface area (Å²) in [6, 6.07) is -0.681. The van der Waals surface area contributed by atoms with Gasteiger partial charge in [-0.2, -0.15) is 0 Å². The lowest BCUT2D eigenvalue weighted by Crippen LogP contribution is -2.32. The van der Waals surface area contributed by atoms with Gasteiger partial charge >= 0.3 is 5.97 Å². The summed E-state index contributed by atoms with van der Waals surface area (Å²) in [6.45, 7) is 4.12. The van der Waals surface area contributed by atoms with E-state index in [-0.39, 0.29) is 12.4 Å². The highest BCUT2D eigenvalue weighted by atomic mass is 35.5. The third kappa shape index (κ3) is 5.38. The molecule has 0 rings (SSSR count). The van der Waals surface area contributed by atoms with Crippen LogP contribution in [0.4, 0.5) is 0 Å². The Morgan fingerprint density at radius 3 is 2.08 bits per heavy atom. The minimum absolute atomic E-state index is 0. The van der Waals surface area contributed by atoms with Crippen LogP contribution in [0.3, 0.4) is 0 Å². The van der Waals surface area contributed by atoms with Gasteiger partial charge in [-0.1, -0.05) is 26.7 Å². The molecule has 0 amide bonds. The predicted molar refractivity (Wildman–Crippen MR) is 51.5 cm³/mol. The first-order chi connectivity index (χ1) is 5.11. The number of hydrogen-bond donors (Lipinski definition) is 2. The SMILES string of the molecule is CCC(CC)C[C@H](N)C(=O)O.Cl. The summed E-state index contributed by atoms with van der Waals surface area (Å²) in [5, 5.41) is 8.50. The van der Waals surface area contributed by atoms with Crippen LogP contribution in [0.5, 0.6) is 0 Å². The average molecular weight is 196 g/mol. The minimum Gasteiger partial charge on any atom is -0.480 e. The Morgan fingerprint density at radius 2 is 1.83 bits per heavy atom. The van der Waals surface area contributed by atoms with Crippen molar-refractivity contribution in [2.45, 2.75) is 39.2 Å². The van der Waals surface area contributed by atoms with E-state index >= 15 is 0 Å². The van der Waals surface area contributed by atoms with Crippen LogP contribution < -0.4 is 5.73 Å². The number of nitrogens with two attached hydrogens (primary N) is 1. The predicted octanol–water partition coefficient (Wildman–Crippen LogP) is 1.65. The summed E-state index contributed by atoms with van der Waals surface area (Å²) >= 11 is 0. The van der Waals surface area contributed by atoms with Gasteiger partial charge in [-0.3, -0.25) is 4.79 Å². The molecule has 0 aliphatic rings. The molecule has 0 bridgehead atoms. The lowest BCUT2D eigenvalue weighted by molar-refractivity contribution is -0.138. The molecule has 3 N–H and O–H groups in total. The molecule has 3 nitrogen and oxygen atoms in total. The van der Waals surface area contributed by atoms with E-state index in [0.29, 0.717) is 12.3 Å². The molecule has 0 heterocycles. The van der Waals surface area contributed by atoms with Crippen LogP contribution in [-0.2, 0) is 4.79 Å². The standard InChI is InChI=1S/C8H17NO2.ClH/c1-3-6(4-2)5-7(9)8(10)11;/h6-7H,3-5,9H2,1-2H3,(H,10,11);1H/t7-;/m0./s1. The number of carbonyl (C=O) groups is 1. The lowest BCUT2D eigenvalue weighted by atomic mass is 9.95. The molecule has 0 aromatic carbocycles. The molecule has 0 unspecified atom stereocenters. The van der Waals surface area contributed by atoms with Gasteiger partial charge in [0.25, 0.3) is 0 Å². The molecule has 12 heavy (non-hydrogen) atoms. The zero-order valence-electron chi connectivity index (χ0n) is 7.62. The molecule has 0 aromatic rings. The number of carboxylic acids is 1. The van der Waals surface area contributed by atoms with E-state index in [1.54, 1.807) is 0 Å². The molecule has 0 saturated heterocycles. The monoisotopic (exact) mass is 195 g/mol. The van der Waals surface area contributed by atoms with Crippen molar-refractivity contribution in [1.82, 2.24) is 0 Å². The first kappa shape index (κ1) is 14.3. The van der Waals surface area contributed by atoms with Gasteiger partial charge in [0.1, 0.15) is 6.04 Å². The van der Waals surface area contributed by atoms with Crippen LogP contribution in [0.2, 0.25) is 0 Å². The largest absolute Gasteiger partial charge is 0.480 e.